The standard InChI is InChI=1S/C45H32N2O2/c1-48-44-33-20-18-31-26-35(33)36-27-32(19-21-34(36)45(44)49-2)42(29-14-8-4-9-15-29)38-23-25-40(47-38)43(30-16-10-5-11-17-30)39-24-22-37(46-39)41(31)28-12-6-3-7-13-28/h3-27,46H,1-2H3. The minimum Gasteiger partial charge on any atom is -0.492 e. The highest BCUT2D eigenvalue weighted by Crippen LogP contribution is 2.46. The lowest BCUT2D eigenvalue weighted by atomic mass is 9.93. The van der Waals surface area contributed by atoms with Crippen LogP contribution >= 0.6 is 0 Å². The number of nitrogens with zero attached hydrogens (tertiary/aromatic N) is 1. The second-order valence-electron chi connectivity index (χ2n) is 12.3. The zero-order chi connectivity index (χ0) is 32.9. The summed E-state index contributed by atoms with van der Waals surface area (Å²) in [5.41, 5.74) is 10.4. The molecular formula is C45H32N2O2. The lowest BCUT2D eigenvalue weighted by Crippen LogP contribution is -1.94. The van der Waals surface area contributed by atoms with Crippen LogP contribution in [0.2, 0.25) is 0 Å². The maximum Gasteiger partial charge on any atom is 0.169 e. The van der Waals surface area contributed by atoms with Crippen molar-refractivity contribution in [2.45, 2.75) is 0 Å². The summed E-state index contributed by atoms with van der Waals surface area (Å²) < 4.78 is 12.1. The maximum atomic E-state index is 6.04. The topological polar surface area (TPSA) is 47.1 Å². The van der Waals surface area contributed by atoms with E-state index in [1.54, 1.807) is 14.2 Å². The summed E-state index contributed by atoms with van der Waals surface area (Å²) in [5, 5.41) is 6.32. The first kappa shape index (κ1) is 28.8. The van der Waals surface area contributed by atoms with E-state index in [4.69, 9.17) is 14.5 Å². The van der Waals surface area contributed by atoms with Crippen molar-refractivity contribution in [1.29, 1.82) is 0 Å². The molecule has 0 saturated heterocycles. The Morgan fingerprint density at radius 1 is 0.429 bits per heavy atom. The average Bonchev–Trinajstić information content (AvgIpc) is 3.83. The van der Waals surface area contributed by atoms with Gasteiger partial charge in [-0.2, -0.15) is 0 Å². The molecule has 2 aromatic heterocycles. The van der Waals surface area contributed by atoms with Gasteiger partial charge < -0.3 is 14.5 Å². The number of nitrogens with one attached hydrogen (secondary N) is 1. The third-order valence-corrected chi connectivity index (χ3v) is 9.57. The van der Waals surface area contributed by atoms with Crippen LogP contribution in [0.3, 0.4) is 0 Å². The number of ether oxygens (including phenoxy) is 2. The van der Waals surface area contributed by atoms with Crippen LogP contribution in [0.15, 0.2) is 140 Å². The van der Waals surface area contributed by atoms with Crippen LogP contribution in [0.1, 0.15) is 11.4 Å². The van der Waals surface area contributed by atoms with Crippen molar-refractivity contribution < 1.29 is 9.47 Å². The first-order chi connectivity index (χ1) is 24.2. The van der Waals surface area contributed by atoms with Crippen LogP contribution in [0, 0.1) is 0 Å². The summed E-state index contributed by atoms with van der Waals surface area (Å²) in [7, 11) is 3.42. The predicted octanol–water partition coefficient (Wildman–Crippen LogP) is 11.6. The van der Waals surface area contributed by atoms with Gasteiger partial charge in [0.2, 0.25) is 0 Å². The van der Waals surface area contributed by atoms with Crippen LogP contribution in [-0.4, -0.2) is 24.2 Å². The Hall–Kier alpha value is -6.39. The molecule has 0 atom stereocenters. The first-order valence-electron chi connectivity index (χ1n) is 16.5. The van der Waals surface area contributed by atoms with E-state index >= 15 is 0 Å². The van der Waals surface area contributed by atoms with E-state index in [9.17, 15) is 0 Å². The van der Waals surface area contributed by atoms with Gasteiger partial charge in [-0.05, 0) is 86.8 Å². The number of benzene rings is 6. The zero-order valence-corrected chi connectivity index (χ0v) is 27.2. The van der Waals surface area contributed by atoms with Crippen molar-refractivity contribution in [3.05, 3.63) is 151 Å². The van der Waals surface area contributed by atoms with Gasteiger partial charge in [0.1, 0.15) is 0 Å². The Labute approximate surface area is 284 Å². The molecule has 0 aliphatic carbocycles. The Bertz CT molecular complexity index is 2660. The van der Waals surface area contributed by atoms with Gasteiger partial charge in [0.05, 0.1) is 25.6 Å². The third kappa shape index (κ3) is 4.72. The molecule has 0 saturated carbocycles. The van der Waals surface area contributed by atoms with Gasteiger partial charge >= 0.3 is 0 Å². The summed E-state index contributed by atoms with van der Waals surface area (Å²) in [6.07, 6.45) is 4.29. The van der Waals surface area contributed by atoms with Crippen molar-refractivity contribution >= 4 is 55.5 Å². The van der Waals surface area contributed by atoms with E-state index < -0.39 is 0 Å². The molecule has 6 aromatic carbocycles. The van der Waals surface area contributed by atoms with E-state index in [1.165, 1.54) is 0 Å². The van der Waals surface area contributed by atoms with Crippen molar-refractivity contribution in [3.63, 3.8) is 0 Å². The zero-order valence-electron chi connectivity index (χ0n) is 27.2. The number of aromatic nitrogens is 2. The van der Waals surface area contributed by atoms with Gasteiger partial charge in [-0.25, -0.2) is 4.98 Å². The molecule has 0 spiro atoms. The molecule has 3 heterocycles. The van der Waals surface area contributed by atoms with Gasteiger partial charge in [-0.3, -0.25) is 0 Å². The fraction of sp³-hybridized carbons (Fsp3) is 0.0444. The SMILES string of the molecule is COc1c(OC)c2ccc3cc2c2cc(ccc12)c(-c1ccccc1)c1nc(c(-c2ccccc2)c2ccc([nH]2)c3-c2ccccc2)C=C1. The highest BCUT2D eigenvalue weighted by Gasteiger charge is 2.20. The average molecular weight is 633 g/mol. The molecule has 0 unspecified atom stereocenters. The summed E-state index contributed by atoms with van der Waals surface area (Å²) in [5.74, 6) is 1.45. The van der Waals surface area contributed by atoms with E-state index in [2.05, 4.69) is 157 Å². The Morgan fingerprint density at radius 3 is 1.37 bits per heavy atom. The monoisotopic (exact) mass is 632 g/mol. The molecule has 1 aliphatic rings. The van der Waals surface area contributed by atoms with E-state index in [-0.39, 0.29) is 0 Å². The van der Waals surface area contributed by atoms with Crippen LogP contribution in [0.25, 0.3) is 88.9 Å². The summed E-state index contributed by atoms with van der Waals surface area (Å²) in [6.45, 7) is 0. The Morgan fingerprint density at radius 2 is 0.857 bits per heavy atom. The van der Waals surface area contributed by atoms with Crippen molar-refractivity contribution in [3.8, 4) is 44.9 Å². The van der Waals surface area contributed by atoms with Gasteiger partial charge in [0.25, 0.3) is 0 Å². The predicted molar refractivity (Wildman–Crippen MR) is 205 cm³/mol. The van der Waals surface area contributed by atoms with Crippen LogP contribution < -0.4 is 9.47 Å². The fourth-order valence-electron chi connectivity index (χ4n) is 7.41. The van der Waals surface area contributed by atoms with Crippen LogP contribution in [0.5, 0.6) is 11.5 Å². The largest absolute Gasteiger partial charge is 0.492 e. The molecule has 4 heteroatoms. The van der Waals surface area contributed by atoms with Crippen molar-refractivity contribution in [1.82, 2.24) is 9.97 Å². The number of hydrogen-bond donors (Lipinski definition) is 1. The Balaban J connectivity index is 1.56. The number of aromatic amines is 1. The number of H-pyrrole nitrogens is 1. The molecule has 0 amide bonds. The summed E-state index contributed by atoms with van der Waals surface area (Å²) in [6, 6.07) is 49.3. The molecule has 4 nitrogen and oxygen atoms in total. The fourth-order valence-corrected chi connectivity index (χ4v) is 7.41. The molecule has 0 radical (unpaired) electrons. The minimum atomic E-state index is 0.723. The van der Waals surface area contributed by atoms with Crippen molar-refractivity contribution in [2.24, 2.45) is 0 Å². The molecule has 1 N–H and O–H groups in total. The molecule has 1 aliphatic heterocycles. The smallest absolute Gasteiger partial charge is 0.169 e. The van der Waals surface area contributed by atoms with Crippen LogP contribution in [0.4, 0.5) is 0 Å². The first-order valence-corrected chi connectivity index (χ1v) is 16.5. The van der Waals surface area contributed by atoms with Gasteiger partial charge in [0, 0.05) is 38.5 Å². The van der Waals surface area contributed by atoms with E-state index in [1.807, 2.05) is 0 Å². The van der Waals surface area contributed by atoms with E-state index in [0.717, 1.165) is 99.6 Å². The van der Waals surface area contributed by atoms with Gasteiger partial charge in [0.15, 0.2) is 11.5 Å². The third-order valence-electron chi connectivity index (χ3n) is 9.57. The number of fused-ring (bicyclic) bond motifs is 6. The molecule has 8 bridgehead atoms. The van der Waals surface area contributed by atoms with Gasteiger partial charge in [-0.15, -0.1) is 0 Å². The lowest BCUT2D eigenvalue weighted by molar-refractivity contribution is 0.362. The van der Waals surface area contributed by atoms with E-state index in [0.29, 0.717) is 0 Å². The molecule has 8 aromatic rings. The molecule has 49 heavy (non-hydrogen) atoms. The number of methoxy groups -OCH3 is 2. The highest BCUT2D eigenvalue weighted by molar-refractivity contribution is 6.18. The molecule has 9 rings (SSSR count). The molecule has 234 valence electrons. The van der Waals surface area contributed by atoms with Gasteiger partial charge in [-0.1, -0.05) is 103 Å². The normalized spacial score (nSPS) is 11.8. The second-order valence-corrected chi connectivity index (χ2v) is 12.3. The Kier molecular flexibility index (Phi) is 6.87. The van der Waals surface area contributed by atoms with Crippen LogP contribution in [-0.2, 0) is 0 Å². The number of rotatable bonds is 5. The van der Waals surface area contributed by atoms with Crippen molar-refractivity contribution in [2.75, 3.05) is 14.2 Å². The molecular weight excluding hydrogens is 601 g/mol. The summed E-state index contributed by atoms with van der Waals surface area (Å²) in [4.78, 5) is 9.22. The minimum absolute atomic E-state index is 0.723. The quantitative estimate of drug-likeness (QED) is 0.192. The maximum absolute atomic E-state index is 6.04. The lowest BCUT2D eigenvalue weighted by Gasteiger charge is -2.16. The summed E-state index contributed by atoms with van der Waals surface area (Å²) >= 11 is 0. The second kappa shape index (κ2) is 11.7. The molecule has 0 fully saturated rings. The highest BCUT2D eigenvalue weighted by atomic mass is 16.5. The number of hydrogen-bond acceptors (Lipinski definition) is 3.